The molecule has 3 aromatic rings. The van der Waals surface area contributed by atoms with Crippen LogP contribution < -0.4 is 10.5 Å². The molecule has 0 unspecified atom stereocenters. The van der Waals surface area contributed by atoms with Crippen LogP contribution in [0.3, 0.4) is 0 Å². The number of aryl methyl sites for hydroxylation is 2. The molecular formula is C17H20N6O. The number of nitrogens with two attached hydrogens (primary N) is 1. The summed E-state index contributed by atoms with van der Waals surface area (Å²) in [5, 5.41) is 8.24. The molecule has 0 fully saturated rings. The van der Waals surface area contributed by atoms with E-state index in [9.17, 15) is 0 Å². The molecule has 24 heavy (non-hydrogen) atoms. The Morgan fingerprint density at radius 3 is 2.83 bits per heavy atom. The first-order chi connectivity index (χ1) is 11.5. The number of rotatable bonds is 5. The van der Waals surface area contributed by atoms with Crippen molar-refractivity contribution in [3.8, 4) is 5.75 Å². The molecule has 1 aromatic carbocycles. The summed E-state index contributed by atoms with van der Waals surface area (Å²) in [6, 6.07) is 6.00. The Balaban J connectivity index is 1.66. The zero-order valence-corrected chi connectivity index (χ0v) is 14.0. The second-order valence-electron chi connectivity index (χ2n) is 5.72. The highest BCUT2D eigenvalue weighted by atomic mass is 16.5. The van der Waals surface area contributed by atoms with Crippen molar-refractivity contribution >= 4 is 5.82 Å². The van der Waals surface area contributed by atoms with E-state index in [1.165, 1.54) is 5.56 Å². The fourth-order valence-corrected chi connectivity index (χ4v) is 2.32. The van der Waals surface area contributed by atoms with Gasteiger partial charge in [-0.1, -0.05) is 17.3 Å². The van der Waals surface area contributed by atoms with Crippen molar-refractivity contribution in [2.24, 2.45) is 0 Å². The number of nitrogens with zero attached hydrogens (tertiary/aromatic N) is 5. The number of hydrogen-bond acceptors (Lipinski definition) is 6. The van der Waals surface area contributed by atoms with Crippen LogP contribution in [0.5, 0.6) is 5.75 Å². The number of anilines is 1. The van der Waals surface area contributed by atoms with Gasteiger partial charge in [-0.3, -0.25) is 0 Å². The second kappa shape index (κ2) is 6.66. The van der Waals surface area contributed by atoms with Gasteiger partial charge in [-0.15, -0.1) is 5.10 Å². The van der Waals surface area contributed by atoms with Gasteiger partial charge in [0.1, 0.15) is 29.7 Å². The molecule has 2 N–H and O–H groups in total. The smallest absolute Gasteiger partial charge is 0.134 e. The Bertz CT molecular complexity index is 858. The van der Waals surface area contributed by atoms with E-state index in [0.717, 1.165) is 22.6 Å². The summed E-state index contributed by atoms with van der Waals surface area (Å²) in [6.45, 7) is 6.75. The molecule has 0 saturated heterocycles. The van der Waals surface area contributed by atoms with E-state index in [4.69, 9.17) is 10.5 Å². The summed E-state index contributed by atoms with van der Waals surface area (Å²) in [7, 11) is 0. The van der Waals surface area contributed by atoms with Gasteiger partial charge in [0.05, 0.1) is 12.7 Å². The highest BCUT2D eigenvalue weighted by Crippen LogP contribution is 2.21. The molecule has 0 atom stereocenters. The van der Waals surface area contributed by atoms with Crippen LogP contribution in [0.4, 0.5) is 5.82 Å². The van der Waals surface area contributed by atoms with Gasteiger partial charge in [0.15, 0.2) is 0 Å². The quantitative estimate of drug-likeness (QED) is 0.773. The summed E-state index contributed by atoms with van der Waals surface area (Å²) in [6.07, 6.45) is 3.55. The van der Waals surface area contributed by atoms with E-state index in [1.807, 2.05) is 25.3 Å². The highest BCUT2D eigenvalue weighted by Gasteiger charge is 2.08. The molecule has 0 radical (unpaired) electrons. The largest absolute Gasteiger partial charge is 0.487 e. The van der Waals surface area contributed by atoms with Gasteiger partial charge in [0.2, 0.25) is 0 Å². The zero-order chi connectivity index (χ0) is 17.1. The number of aromatic nitrogens is 5. The van der Waals surface area contributed by atoms with Gasteiger partial charge < -0.3 is 10.5 Å². The molecule has 2 aromatic heterocycles. The maximum absolute atomic E-state index is 5.90. The Morgan fingerprint density at radius 2 is 2.04 bits per heavy atom. The van der Waals surface area contributed by atoms with Gasteiger partial charge in [0, 0.05) is 11.8 Å². The van der Waals surface area contributed by atoms with Crippen molar-refractivity contribution < 1.29 is 4.74 Å². The van der Waals surface area contributed by atoms with Crippen LogP contribution >= 0.6 is 0 Å². The van der Waals surface area contributed by atoms with Gasteiger partial charge >= 0.3 is 0 Å². The lowest BCUT2D eigenvalue weighted by Gasteiger charge is -2.09. The van der Waals surface area contributed by atoms with Gasteiger partial charge in [0.25, 0.3) is 0 Å². The van der Waals surface area contributed by atoms with Crippen LogP contribution in [0.25, 0.3) is 0 Å². The molecule has 0 aliphatic carbocycles. The summed E-state index contributed by atoms with van der Waals surface area (Å²) >= 11 is 0. The average molecular weight is 324 g/mol. The molecule has 124 valence electrons. The van der Waals surface area contributed by atoms with Crippen molar-refractivity contribution in [3.05, 3.63) is 58.8 Å². The van der Waals surface area contributed by atoms with E-state index >= 15 is 0 Å². The Hall–Kier alpha value is -2.96. The molecule has 3 rings (SSSR count). The monoisotopic (exact) mass is 324 g/mol. The van der Waals surface area contributed by atoms with E-state index in [0.29, 0.717) is 24.8 Å². The van der Waals surface area contributed by atoms with Crippen molar-refractivity contribution in [1.82, 2.24) is 25.0 Å². The van der Waals surface area contributed by atoms with Crippen molar-refractivity contribution in [2.75, 3.05) is 5.73 Å². The van der Waals surface area contributed by atoms with Crippen LogP contribution in [0, 0.1) is 20.8 Å². The normalized spacial score (nSPS) is 10.8. The topological polar surface area (TPSA) is 91.7 Å². The third-order valence-electron chi connectivity index (χ3n) is 3.87. The predicted octanol–water partition coefficient (Wildman–Crippen LogP) is 2.20. The molecule has 0 aliphatic heterocycles. The summed E-state index contributed by atoms with van der Waals surface area (Å²) in [5.74, 6) is 1.98. The average Bonchev–Trinajstić information content (AvgIpc) is 2.99. The van der Waals surface area contributed by atoms with E-state index in [2.05, 4.69) is 33.3 Å². The van der Waals surface area contributed by atoms with Crippen molar-refractivity contribution in [1.29, 1.82) is 0 Å². The predicted molar refractivity (Wildman–Crippen MR) is 90.6 cm³/mol. The summed E-state index contributed by atoms with van der Waals surface area (Å²) in [5.41, 5.74) is 9.80. The first kappa shape index (κ1) is 15.9. The second-order valence-corrected chi connectivity index (χ2v) is 5.72. The standard InChI is InChI=1S/C17H20N6O/c1-11-5-4-6-16(12(11)2)24-10-15-9-23(22-21-15)8-14-7-19-13(3)20-17(14)18/h4-7,9H,8,10H2,1-3H3,(H2,18,19,20). The van der Waals surface area contributed by atoms with Gasteiger partial charge in [-0.2, -0.15) is 0 Å². The lowest BCUT2D eigenvalue weighted by molar-refractivity contribution is 0.299. The number of nitrogen functional groups attached to an aromatic ring is 1. The minimum atomic E-state index is 0.365. The lowest BCUT2D eigenvalue weighted by atomic mass is 10.1. The third kappa shape index (κ3) is 3.51. The molecule has 0 amide bonds. The fraction of sp³-hybridized carbons (Fsp3) is 0.294. The Labute approximate surface area is 140 Å². The minimum absolute atomic E-state index is 0.365. The third-order valence-corrected chi connectivity index (χ3v) is 3.87. The van der Waals surface area contributed by atoms with Crippen LogP contribution in [-0.2, 0) is 13.2 Å². The highest BCUT2D eigenvalue weighted by molar-refractivity contribution is 5.38. The molecular weight excluding hydrogens is 304 g/mol. The molecule has 7 nitrogen and oxygen atoms in total. The van der Waals surface area contributed by atoms with E-state index in [1.54, 1.807) is 17.8 Å². The molecule has 2 heterocycles. The first-order valence-corrected chi connectivity index (χ1v) is 7.69. The number of benzene rings is 1. The van der Waals surface area contributed by atoms with Crippen molar-refractivity contribution in [3.63, 3.8) is 0 Å². The molecule has 0 spiro atoms. The van der Waals surface area contributed by atoms with Crippen LogP contribution in [0.2, 0.25) is 0 Å². The summed E-state index contributed by atoms with van der Waals surface area (Å²) < 4.78 is 7.54. The Kier molecular flexibility index (Phi) is 4.41. The number of hydrogen-bond donors (Lipinski definition) is 1. The first-order valence-electron chi connectivity index (χ1n) is 7.69. The van der Waals surface area contributed by atoms with E-state index in [-0.39, 0.29) is 0 Å². The van der Waals surface area contributed by atoms with Crippen LogP contribution in [0.1, 0.15) is 28.2 Å². The van der Waals surface area contributed by atoms with Crippen LogP contribution in [-0.4, -0.2) is 25.0 Å². The zero-order valence-electron chi connectivity index (χ0n) is 14.0. The number of ether oxygens (including phenoxy) is 1. The molecule has 0 bridgehead atoms. The summed E-state index contributed by atoms with van der Waals surface area (Å²) in [4.78, 5) is 8.31. The maximum atomic E-state index is 5.90. The van der Waals surface area contributed by atoms with Gasteiger partial charge in [-0.25, -0.2) is 14.6 Å². The SMILES string of the molecule is Cc1ncc(Cn2cc(COc3cccc(C)c3C)nn2)c(N)n1. The van der Waals surface area contributed by atoms with Crippen LogP contribution in [0.15, 0.2) is 30.6 Å². The van der Waals surface area contributed by atoms with Gasteiger partial charge in [-0.05, 0) is 38.0 Å². The molecule has 0 saturated carbocycles. The maximum Gasteiger partial charge on any atom is 0.134 e. The fourth-order valence-electron chi connectivity index (χ4n) is 2.32. The minimum Gasteiger partial charge on any atom is -0.487 e. The molecule has 7 heteroatoms. The molecule has 0 aliphatic rings. The van der Waals surface area contributed by atoms with Crippen molar-refractivity contribution in [2.45, 2.75) is 33.9 Å². The Morgan fingerprint density at radius 1 is 1.21 bits per heavy atom. The van der Waals surface area contributed by atoms with E-state index < -0.39 is 0 Å². The lowest BCUT2D eigenvalue weighted by Crippen LogP contribution is -2.07.